The van der Waals surface area contributed by atoms with E-state index in [9.17, 15) is 14.4 Å². The van der Waals surface area contributed by atoms with Gasteiger partial charge in [0, 0.05) is 5.56 Å². The van der Waals surface area contributed by atoms with Gasteiger partial charge in [0.1, 0.15) is 5.57 Å². The highest BCUT2D eigenvalue weighted by Crippen LogP contribution is 2.33. The third-order valence-corrected chi connectivity index (χ3v) is 4.14. The topological polar surface area (TPSA) is 94.2 Å². The lowest BCUT2D eigenvalue weighted by Crippen LogP contribution is -2.35. The molecule has 0 radical (unpaired) electrons. The summed E-state index contributed by atoms with van der Waals surface area (Å²) in [6.45, 7) is 3.13. The Hall–Kier alpha value is -3.81. The fraction of sp³-hybridized carbons (Fsp3) is 0.227. The molecule has 8 nitrogen and oxygen atoms in total. The zero-order valence-corrected chi connectivity index (χ0v) is 16.9. The SMILES string of the molecule is COc1cccc(/C=C2\C(=O)NN(c3ccccc3)C2=O)c1OCC(=O)OC(C)C. The Morgan fingerprint density at radius 3 is 2.50 bits per heavy atom. The van der Waals surface area contributed by atoms with Crippen LogP contribution in [-0.4, -0.2) is 37.6 Å². The van der Waals surface area contributed by atoms with Gasteiger partial charge in [0.05, 0.1) is 18.9 Å². The van der Waals surface area contributed by atoms with Gasteiger partial charge in [0.25, 0.3) is 11.8 Å². The van der Waals surface area contributed by atoms with Gasteiger partial charge in [-0.2, -0.15) is 0 Å². The molecule has 0 unspecified atom stereocenters. The number of anilines is 1. The first-order valence-corrected chi connectivity index (χ1v) is 9.32. The minimum atomic E-state index is -0.545. The predicted octanol–water partition coefficient (Wildman–Crippen LogP) is 2.49. The van der Waals surface area contributed by atoms with Gasteiger partial charge in [-0.3, -0.25) is 15.0 Å². The molecule has 2 aromatic carbocycles. The van der Waals surface area contributed by atoms with Crippen LogP contribution < -0.4 is 19.9 Å². The van der Waals surface area contributed by atoms with E-state index >= 15 is 0 Å². The molecule has 0 aromatic heterocycles. The predicted molar refractivity (Wildman–Crippen MR) is 110 cm³/mol. The van der Waals surface area contributed by atoms with Gasteiger partial charge in [0.2, 0.25) is 0 Å². The molecule has 2 amide bonds. The molecular weight excluding hydrogens is 388 g/mol. The first-order chi connectivity index (χ1) is 14.4. The van der Waals surface area contributed by atoms with Crippen molar-refractivity contribution in [2.45, 2.75) is 20.0 Å². The van der Waals surface area contributed by atoms with Crippen LogP contribution >= 0.6 is 0 Å². The quantitative estimate of drug-likeness (QED) is 0.428. The molecule has 30 heavy (non-hydrogen) atoms. The highest BCUT2D eigenvalue weighted by molar-refractivity contribution is 6.31. The van der Waals surface area contributed by atoms with E-state index in [-0.39, 0.29) is 24.0 Å². The lowest BCUT2D eigenvalue weighted by Gasteiger charge is -2.14. The first-order valence-electron chi connectivity index (χ1n) is 9.32. The number of methoxy groups -OCH3 is 1. The molecule has 1 heterocycles. The van der Waals surface area contributed by atoms with Gasteiger partial charge in [-0.1, -0.05) is 30.3 Å². The molecule has 1 aliphatic heterocycles. The van der Waals surface area contributed by atoms with Gasteiger partial charge in [-0.25, -0.2) is 9.80 Å². The number of carbonyl (C=O) groups is 3. The summed E-state index contributed by atoms with van der Waals surface area (Å²) < 4.78 is 16.0. The van der Waals surface area contributed by atoms with E-state index in [2.05, 4.69) is 5.43 Å². The van der Waals surface area contributed by atoms with E-state index in [1.165, 1.54) is 18.2 Å². The maximum absolute atomic E-state index is 12.8. The maximum atomic E-state index is 12.8. The number of rotatable bonds is 7. The fourth-order valence-electron chi connectivity index (χ4n) is 2.86. The smallest absolute Gasteiger partial charge is 0.344 e. The van der Waals surface area contributed by atoms with Gasteiger partial charge < -0.3 is 14.2 Å². The summed E-state index contributed by atoms with van der Waals surface area (Å²) in [6.07, 6.45) is 1.14. The summed E-state index contributed by atoms with van der Waals surface area (Å²) in [5.74, 6) is -1.00. The molecule has 1 aliphatic rings. The summed E-state index contributed by atoms with van der Waals surface area (Å²) in [4.78, 5) is 37.1. The molecule has 0 atom stereocenters. The molecule has 0 saturated carbocycles. The van der Waals surface area contributed by atoms with Crippen LogP contribution in [0.1, 0.15) is 19.4 Å². The molecule has 0 spiro atoms. The molecule has 2 aromatic rings. The van der Waals surface area contributed by atoms with Crippen LogP contribution in [0.4, 0.5) is 5.69 Å². The molecule has 156 valence electrons. The zero-order chi connectivity index (χ0) is 21.7. The molecule has 1 saturated heterocycles. The molecule has 1 fully saturated rings. The van der Waals surface area contributed by atoms with Gasteiger partial charge in [-0.05, 0) is 38.1 Å². The Balaban J connectivity index is 1.90. The van der Waals surface area contributed by atoms with Crippen molar-refractivity contribution in [3.63, 3.8) is 0 Å². The second-order valence-electron chi connectivity index (χ2n) is 6.68. The number of hydrogen-bond donors (Lipinski definition) is 1. The maximum Gasteiger partial charge on any atom is 0.344 e. The number of nitrogens with zero attached hydrogens (tertiary/aromatic N) is 1. The number of nitrogens with one attached hydrogen (secondary N) is 1. The van der Waals surface area contributed by atoms with Crippen LogP contribution in [0.3, 0.4) is 0 Å². The Kier molecular flexibility index (Phi) is 6.36. The summed E-state index contributed by atoms with van der Waals surface area (Å²) in [6, 6.07) is 13.8. The number of hydrazine groups is 1. The van der Waals surface area contributed by atoms with Crippen LogP contribution in [0.25, 0.3) is 6.08 Å². The Labute approximate surface area is 174 Å². The summed E-state index contributed by atoms with van der Waals surface area (Å²) in [5.41, 5.74) is 3.43. The lowest BCUT2D eigenvalue weighted by atomic mass is 10.1. The van der Waals surface area contributed by atoms with Crippen molar-refractivity contribution in [3.8, 4) is 11.5 Å². The third-order valence-electron chi connectivity index (χ3n) is 4.14. The largest absolute Gasteiger partial charge is 0.493 e. The number of amides is 2. The van der Waals surface area contributed by atoms with E-state index < -0.39 is 17.8 Å². The molecule has 1 N–H and O–H groups in total. The number of carbonyl (C=O) groups excluding carboxylic acids is 3. The average Bonchev–Trinajstić information content (AvgIpc) is 3.01. The zero-order valence-electron chi connectivity index (χ0n) is 16.9. The van der Waals surface area contributed by atoms with Crippen molar-refractivity contribution in [3.05, 3.63) is 59.7 Å². The minimum absolute atomic E-state index is 0.0679. The third kappa shape index (κ3) is 4.60. The second-order valence-corrected chi connectivity index (χ2v) is 6.68. The Morgan fingerprint density at radius 2 is 1.83 bits per heavy atom. The number of para-hydroxylation sites is 2. The molecular formula is C22H22N2O6. The lowest BCUT2D eigenvalue weighted by molar-refractivity contribution is -0.149. The molecule has 0 bridgehead atoms. The van der Waals surface area contributed by atoms with E-state index in [0.29, 0.717) is 17.0 Å². The van der Waals surface area contributed by atoms with Crippen molar-refractivity contribution in [1.82, 2.24) is 5.43 Å². The fourth-order valence-corrected chi connectivity index (χ4v) is 2.86. The van der Waals surface area contributed by atoms with Gasteiger partial charge in [0.15, 0.2) is 18.1 Å². The molecule has 8 heteroatoms. The van der Waals surface area contributed by atoms with Crippen molar-refractivity contribution in [2.24, 2.45) is 0 Å². The van der Waals surface area contributed by atoms with E-state index in [1.54, 1.807) is 56.3 Å². The highest BCUT2D eigenvalue weighted by Gasteiger charge is 2.34. The number of esters is 1. The van der Waals surface area contributed by atoms with Crippen LogP contribution in [0.5, 0.6) is 11.5 Å². The Morgan fingerprint density at radius 1 is 1.10 bits per heavy atom. The van der Waals surface area contributed by atoms with Crippen molar-refractivity contribution in [2.75, 3.05) is 18.7 Å². The van der Waals surface area contributed by atoms with Gasteiger partial charge in [-0.15, -0.1) is 0 Å². The van der Waals surface area contributed by atoms with E-state index in [1.807, 2.05) is 6.07 Å². The van der Waals surface area contributed by atoms with E-state index in [0.717, 1.165) is 0 Å². The highest BCUT2D eigenvalue weighted by atomic mass is 16.6. The first kappa shape index (κ1) is 20.9. The van der Waals surface area contributed by atoms with E-state index in [4.69, 9.17) is 14.2 Å². The van der Waals surface area contributed by atoms with Crippen molar-refractivity contribution in [1.29, 1.82) is 0 Å². The molecule has 0 aliphatic carbocycles. The Bertz CT molecular complexity index is 984. The second kappa shape index (κ2) is 9.13. The van der Waals surface area contributed by atoms with Crippen molar-refractivity contribution >= 4 is 29.5 Å². The van der Waals surface area contributed by atoms with Gasteiger partial charge >= 0.3 is 5.97 Å². The van der Waals surface area contributed by atoms with Crippen LogP contribution in [0.2, 0.25) is 0 Å². The minimum Gasteiger partial charge on any atom is -0.493 e. The van der Waals surface area contributed by atoms with Crippen LogP contribution in [-0.2, 0) is 19.1 Å². The van der Waals surface area contributed by atoms with Crippen LogP contribution in [0.15, 0.2) is 54.1 Å². The summed E-state index contributed by atoms with van der Waals surface area (Å²) in [5, 5.41) is 1.18. The average molecular weight is 410 g/mol. The normalized spacial score (nSPS) is 14.8. The monoisotopic (exact) mass is 410 g/mol. The number of ether oxygens (including phenoxy) is 3. The summed E-state index contributed by atoms with van der Waals surface area (Å²) in [7, 11) is 1.45. The standard InChI is InChI=1S/C22H22N2O6/c1-14(2)30-19(25)13-29-20-15(8-7-11-18(20)28-3)12-17-21(26)23-24(22(17)27)16-9-5-4-6-10-16/h4-12,14H,13H2,1-3H3,(H,23,26)/b17-12+. The number of hydrogen-bond acceptors (Lipinski definition) is 6. The summed E-state index contributed by atoms with van der Waals surface area (Å²) >= 11 is 0. The molecule has 3 rings (SSSR count). The van der Waals surface area contributed by atoms with Crippen LogP contribution in [0, 0.1) is 0 Å². The van der Waals surface area contributed by atoms with Crippen molar-refractivity contribution < 1.29 is 28.6 Å². The number of benzene rings is 2.